The smallest absolute Gasteiger partial charge is 0 e. The molecule has 26 valence electrons. The molecule has 0 saturated carbocycles. The van der Waals surface area contributed by atoms with Crippen LogP contribution in [0.2, 0.25) is 0 Å². The van der Waals surface area contributed by atoms with Gasteiger partial charge < -0.3 is 0 Å². The van der Waals surface area contributed by atoms with Crippen LogP contribution < -0.4 is 0 Å². The average molecular weight is 356 g/mol. The molecule has 0 aliphatic rings. The molecule has 0 aromatic rings. The summed E-state index contributed by atoms with van der Waals surface area (Å²) in [4.78, 5) is 0. The molecule has 0 amide bonds. The minimum Gasteiger partial charge on any atom is 0 e. The van der Waals surface area contributed by atoms with Gasteiger partial charge in [0.05, 0.1) is 0 Å². The van der Waals surface area contributed by atoms with Crippen molar-refractivity contribution in [1.29, 1.82) is 0 Å². The maximum absolute atomic E-state index is 0. The maximum atomic E-state index is 0. The Hall–Kier alpha value is 2.03. The number of hydrogen-bond donors (Lipinski definition) is 0. The predicted molar refractivity (Wildman–Crippen MR) is 3.24 cm³/mol. The molecule has 0 aromatic carbocycles. The van der Waals surface area contributed by atoms with E-state index in [1.165, 1.54) is 0 Å². The zero-order chi connectivity index (χ0) is 0. The van der Waals surface area contributed by atoms with Gasteiger partial charge >= 0.3 is 0 Å². The standard InChI is InChI=1S/C.Pt.Ru.Ti. The summed E-state index contributed by atoms with van der Waals surface area (Å²) in [5, 5.41) is 0. The summed E-state index contributed by atoms with van der Waals surface area (Å²) in [5.74, 6) is 0. The fourth-order valence-corrected chi connectivity index (χ4v) is 0. The van der Waals surface area contributed by atoms with Crippen LogP contribution in [-0.4, -0.2) is 0 Å². The molecule has 0 bridgehead atoms. The molecule has 0 nitrogen and oxygen atoms in total. The Kier molecular flexibility index (Phi) is 184. The summed E-state index contributed by atoms with van der Waals surface area (Å²) in [5.41, 5.74) is 0. The molecule has 0 saturated heterocycles. The Morgan fingerprint density at radius 1 is 1.00 bits per heavy atom. The van der Waals surface area contributed by atoms with E-state index in [1.54, 1.807) is 0 Å². The van der Waals surface area contributed by atoms with Gasteiger partial charge in [-0.3, -0.25) is 0 Å². The summed E-state index contributed by atoms with van der Waals surface area (Å²) in [7, 11) is 0. The molecule has 0 aromatic heterocycles. The van der Waals surface area contributed by atoms with E-state index in [9.17, 15) is 0 Å². The van der Waals surface area contributed by atoms with Crippen LogP contribution in [0.3, 0.4) is 0 Å². The third-order valence-corrected chi connectivity index (χ3v) is 0. The average Bonchev–Trinajstić information content (AvgIpc) is 0. The Labute approximate surface area is 69.0 Å². The van der Waals surface area contributed by atoms with Crippen LogP contribution in [0.25, 0.3) is 0 Å². The summed E-state index contributed by atoms with van der Waals surface area (Å²) in [6.45, 7) is 0. The molecule has 3 heteroatoms. The van der Waals surface area contributed by atoms with Gasteiger partial charge in [-0.1, -0.05) is 0 Å². The van der Waals surface area contributed by atoms with Crippen molar-refractivity contribution in [3.63, 3.8) is 0 Å². The molecule has 0 unspecified atom stereocenters. The minimum atomic E-state index is 0. The van der Waals surface area contributed by atoms with Crippen LogP contribution >= 0.6 is 0 Å². The van der Waals surface area contributed by atoms with Crippen molar-refractivity contribution in [2.75, 3.05) is 0 Å². The van der Waals surface area contributed by atoms with E-state index in [0.29, 0.717) is 0 Å². The fraction of sp³-hybridized carbons (Fsp3) is 0. The van der Waals surface area contributed by atoms with E-state index in [4.69, 9.17) is 0 Å². The molecular weight excluding hydrogens is 356 g/mol. The SMILES string of the molecule is [C].[Pt].[Ru].[Ti]. The molecule has 4 radical (unpaired) electrons. The van der Waals surface area contributed by atoms with Crippen LogP contribution in [-0.2, 0) is 62.3 Å². The van der Waals surface area contributed by atoms with Crippen LogP contribution in [0, 0.1) is 7.43 Å². The largest absolute Gasteiger partial charge is 0 e. The van der Waals surface area contributed by atoms with Crippen molar-refractivity contribution >= 4 is 0 Å². The van der Waals surface area contributed by atoms with Crippen LogP contribution in [0.5, 0.6) is 0 Å². The number of rotatable bonds is 0. The maximum Gasteiger partial charge on any atom is 0 e. The van der Waals surface area contributed by atoms with Crippen molar-refractivity contribution in [2.24, 2.45) is 0 Å². The van der Waals surface area contributed by atoms with Gasteiger partial charge in [-0.25, -0.2) is 0 Å². The third kappa shape index (κ3) is 8.98. The van der Waals surface area contributed by atoms with Crippen molar-refractivity contribution in [2.45, 2.75) is 0 Å². The quantitative estimate of drug-likeness (QED) is 0.540. The van der Waals surface area contributed by atoms with Gasteiger partial charge in [0, 0.05) is 69.7 Å². The first-order valence-corrected chi connectivity index (χ1v) is 0. The van der Waals surface area contributed by atoms with E-state index in [-0.39, 0.29) is 69.7 Å². The van der Waals surface area contributed by atoms with Crippen LogP contribution in [0.1, 0.15) is 0 Å². The molecule has 0 atom stereocenters. The first-order chi connectivity index (χ1) is 0. The van der Waals surface area contributed by atoms with E-state index in [1.807, 2.05) is 0 Å². The normalized spacial score (nSPS) is 0. The summed E-state index contributed by atoms with van der Waals surface area (Å²) < 4.78 is 0. The van der Waals surface area contributed by atoms with Crippen LogP contribution in [0.4, 0.5) is 0 Å². The van der Waals surface area contributed by atoms with Crippen molar-refractivity contribution in [1.82, 2.24) is 0 Å². The molecule has 4 heavy (non-hydrogen) atoms. The van der Waals surface area contributed by atoms with Gasteiger partial charge in [0.15, 0.2) is 0 Å². The van der Waals surface area contributed by atoms with Gasteiger partial charge in [-0.15, -0.1) is 0 Å². The van der Waals surface area contributed by atoms with E-state index in [0.717, 1.165) is 0 Å². The van der Waals surface area contributed by atoms with Gasteiger partial charge in [0.2, 0.25) is 0 Å². The zero-order valence-electron chi connectivity index (χ0n) is 1.67. The second-order valence-electron chi connectivity index (χ2n) is 0. The molecule has 0 spiro atoms. The summed E-state index contributed by atoms with van der Waals surface area (Å²) in [6.07, 6.45) is 0. The Morgan fingerprint density at radius 2 is 1.00 bits per heavy atom. The molecule has 0 heterocycles. The third-order valence-electron chi connectivity index (χ3n) is 0. The minimum absolute atomic E-state index is 0. The Morgan fingerprint density at radius 3 is 1.00 bits per heavy atom. The summed E-state index contributed by atoms with van der Waals surface area (Å²) in [6, 6.07) is 0. The molecule has 0 N–H and O–H groups in total. The van der Waals surface area contributed by atoms with E-state index >= 15 is 0 Å². The fourth-order valence-electron chi connectivity index (χ4n) is 0. The van der Waals surface area contributed by atoms with Crippen molar-refractivity contribution < 1.29 is 62.3 Å². The monoisotopic (exact) mass is 357 g/mol. The Balaban J connectivity index is 0. The molecule has 0 aliphatic carbocycles. The second-order valence-corrected chi connectivity index (χ2v) is 0. The van der Waals surface area contributed by atoms with Crippen molar-refractivity contribution in [3.05, 3.63) is 7.43 Å². The first kappa shape index (κ1) is 37.1. The first-order valence-electron chi connectivity index (χ1n) is 0. The van der Waals surface area contributed by atoms with E-state index in [2.05, 4.69) is 0 Å². The Bertz CT molecular complexity index is 8.00. The molecule has 0 fully saturated rings. The number of hydrogen-bond acceptors (Lipinski definition) is 0. The molecule has 0 aliphatic heterocycles. The second kappa shape index (κ2) is 19.8. The van der Waals surface area contributed by atoms with Gasteiger partial charge in [0.1, 0.15) is 0 Å². The van der Waals surface area contributed by atoms with Gasteiger partial charge in [-0.05, 0) is 0 Å². The van der Waals surface area contributed by atoms with Crippen molar-refractivity contribution in [3.8, 4) is 0 Å². The van der Waals surface area contributed by atoms with Gasteiger partial charge in [-0.2, -0.15) is 0 Å². The topological polar surface area (TPSA) is 0 Å². The van der Waals surface area contributed by atoms with E-state index < -0.39 is 0 Å². The molecule has 0 rings (SSSR count). The van der Waals surface area contributed by atoms with Crippen LogP contribution in [0.15, 0.2) is 0 Å². The predicted octanol–water partition coefficient (Wildman–Crippen LogP) is 0.0738. The van der Waals surface area contributed by atoms with Gasteiger partial charge in [0.25, 0.3) is 0 Å². The molecular formula is CPtRuTi. The zero-order valence-corrected chi connectivity index (χ0v) is 7.24. The summed E-state index contributed by atoms with van der Waals surface area (Å²) >= 11 is 0.